The van der Waals surface area contributed by atoms with E-state index in [1.54, 1.807) is 36.4 Å². The molecule has 0 amide bonds. The monoisotopic (exact) mass is 572 g/mol. The lowest BCUT2D eigenvalue weighted by molar-refractivity contribution is -0.154. The van der Waals surface area contributed by atoms with Gasteiger partial charge in [-0.1, -0.05) is 18.2 Å². The van der Waals surface area contributed by atoms with E-state index in [1.165, 1.54) is 23.8 Å². The molecule has 3 heterocycles. The molecule has 1 unspecified atom stereocenters. The number of fused-ring (bicyclic) bond motifs is 1. The molecule has 2 fully saturated rings. The second-order valence-corrected chi connectivity index (χ2v) is 11.3. The lowest BCUT2D eigenvalue weighted by Gasteiger charge is -2.28. The number of aromatic nitrogens is 3. The third-order valence-corrected chi connectivity index (χ3v) is 8.55. The Kier molecular flexibility index (Phi) is 7.78. The lowest BCUT2D eigenvalue weighted by atomic mass is 9.92. The van der Waals surface area contributed by atoms with Gasteiger partial charge in [-0.25, -0.2) is 14.1 Å². The Morgan fingerprint density at radius 3 is 2.75 bits per heavy atom. The van der Waals surface area contributed by atoms with E-state index in [1.807, 2.05) is 6.07 Å². The van der Waals surface area contributed by atoms with Crippen molar-refractivity contribution in [2.45, 2.75) is 62.2 Å². The van der Waals surface area contributed by atoms with Gasteiger partial charge >= 0.3 is 13.7 Å². The van der Waals surface area contributed by atoms with Crippen LogP contribution < -0.4 is 15.3 Å². The van der Waals surface area contributed by atoms with Crippen LogP contribution in [0.1, 0.15) is 31.9 Å². The molecule has 5 N–H and O–H groups in total. The maximum Gasteiger partial charge on any atom is 0.459 e. The number of hydrogen-bond donors (Lipinski definition) is 4. The number of ether oxygens (including phenoxy) is 2. The molecular weight excluding hydrogens is 543 g/mol. The highest BCUT2D eigenvalue weighted by Gasteiger charge is 2.58. The number of benzene rings is 1. The molecule has 212 valence electrons. The van der Waals surface area contributed by atoms with Crippen molar-refractivity contribution in [2.24, 2.45) is 0 Å². The first-order valence-corrected chi connectivity index (χ1v) is 14.2. The molecule has 2 aliphatic rings. The fraction of sp³-hybridized carbons (Fsp3) is 0.440. The summed E-state index contributed by atoms with van der Waals surface area (Å²) in [7, 11) is -4.29. The van der Waals surface area contributed by atoms with E-state index in [4.69, 9.17) is 24.3 Å². The minimum atomic E-state index is -4.29. The fourth-order valence-electron chi connectivity index (χ4n) is 4.48. The van der Waals surface area contributed by atoms with Gasteiger partial charge in [0.2, 0.25) is 5.60 Å². The minimum absolute atomic E-state index is 0.0994. The van der Waals surface area contributed by atoms with E-state index in [0.29, 0.717) is 5.52 Å². The number of nitrogens with one attached hydrogen (secondary N) is 1. The number of aliphatic hydroxyl groups excluding tert-OH is 2. The van der Waals surface area contributed by atoms with E-state index >= 15 is 0 Å². The van der Waals surface area contributed by atoms with E-state index in [9.17, 15) is 24.8 Å². The van der Waals surface area contributed by atoms with Crippen molar-refractivity contribution < 1.29 is 38.1 Å². The Bertz CT molecular complexity index is 1460. The van der Waals surface area contributed by atoms with Crippen molar-refractivity contribution >= 4 is 25.1 Å². The molecule has 15 heteroatoms. The number of para-hydroxylation sites is 1. The summed E-state index contributed by atoms with van der Waals surface area (Å²) in [6, 6.07) is 12.0. The zero-order valence-corrected chi connectivity index (χ0v) is 22.4. The first kappa shape index (κ1) is 28.0. The van der Waals surface area contributed by atoms with Crippen LogP contribution in [0.5, 0.6) is 5.75 Å². The Morgan fingerprint density at radius 1 is 1.32 bits per heavy atom. The number of nitriles is 1. The molecular formula is C25H29N6O8P. The van der Waals surface area contributed by atoms with E-state index in [0.717, 1.165) is 19.3 Å². The van der Waals surface area contributed by atoms with Gasteiger partial charge < -0.3 is 29.9 Å². The molecule has 1 saturated heterocycles. The van der Waals surface area contributed by atoms with Crippen molar-refractivity contribution in [1.29, 1.82) is 5.26 Å². The third kappa shape index (κ3) is 5.27. The number of carbonyl (C=O) groups is 1. The van der Waals surface area contributed by atoms with Crippen molar-refractivity contribution in [3.8, 4) is 11.8 Å². The van der Waals surface area contributed by atoms with Crippen LogP contribution in [0.15, 0.2) is 48.8 Å². The molecule has 1 aliphatic heterocycles. The second kappa shape index (κ2) is 11.1. The number of esters is 1. The minimum Gasteiger partial charge on any atom is -0.461 e. The summed E-state index contributed by atoms with van der Waals surface area (Å²) in [6.45, 7) is 0.881. The molecule has 1 aromatic carbocycles. The van der Waals surface area contributed by atoms with Crippen molar-refractivity contribution in [2.75, 3.05) is 12.3 Å². The zero-order chi connectivity index (χ0) is 28.5. The number of rotatable bonds is 10. The van der Waals surface area contributed by atoms with Crippen LogP contribution in [0.2, 0.25) is 0 Å². The number of carbonyl (C=O) groups excluding carboxylic acids is 1. The Hall–Kier alpha value is -3.57. The molecule has 0 radical (unpaired) electrons. The standard InChI is InChI=1S/C25H29N6O8P/c1-15(24(34)37-16-8-5-9-16)30-40(35,39-17-6-3-2-4-7-17)36-12-19-21(32)22(33)25(13-26,38-19)20-11-10-18-23(27)28-14-29-31(18)20/h2-4,6-7,10-11,14-16,19,21-22,32-33H,5,8-9,12H2,1H3,(H,30,35)(H2,27,28,29)/t15-,19+,21+,22+,25-,40?/m0/s1. The number of nitrogens with zero attached hydrogens (tertiary/aromatic N) is 4. The molecule has 0 spiro atoms. The Balaban J connectivity index is 1.35. The highest BCUT2D eigenvalue weighted by Crippen LogP contribution is 2.47. The first-order valence-electron chi connectivity index (χ1n) is 12.7. The van der Waals surface area contributed by atoms with Crippen molar-refractivity contribution in [1.82, 2.24) is 19.7 Å². The molecule has 3 aromatic rings. The number of nitrogen functional groups attached to an aromatic ring is 1. The summed E-state index contributed by atoms with van der Waals surface area (Å²) in [5.74, 6) is -0.297. The molecule has 1 aliphatic carbocycles. The van der Waals surface area contributed by atoms with Crippen LogP contribution in [-0.2, 0) is 29.0 Å². The van der Waals surface area contributed by atoms with Gasteiger partial charge in [-0.15, -0.1) is 0 Å². The lowest BCUT2D eigenvalue weighted by Crippen LogP contribution is -2.41. The Labute approximate surface area is 229 Å². The molecule has 0 bridgehead atoms. The molecule has 14 nitrogen and oxygen atoms in total. The summed E-state index contributed by atoms with van der Waals surface area (Å²) >= 11 is 0. The maximum atomic E-state index is 13.8. The highest BCUT2D eigenvalue weighted by atomic mass is 31.2. The second-order valence-electron chi connectivity index (χ2n) is 9.64. The largest absolute Gasteiger partial charge is 0.461 e. The summed E-state index contributed by atoms with van der Waals surface area (Å²) in [5, 5.41) is 38.6. The predicted octanol–water partition coefficient (Wildman–Crippen LogP) is 1.43. The van der Waals surface area contributed by atoms with Gasteiger partial charge in [-0.2, -0.15) is 15.4 Å². The van der Waals surface area contributed by atoms with Crippen LogP contribution in [-0.4, -0.2) is 67.8 Å². The quantitative estimate of drug-likeness (QED) is 0.201. The molecule has 2 aromatic heterocycles. The van der Waals surface area contributed by atoms with Gasteiger partial charge in [0.25, 0.3) is 0 Å². The summed E-state index contributed by atoms with van der Waals surface area (Å²) in [4.78, 5) is 16.4. The zero-order valence-electron chi connectivity index (χ0n) is 21.5. The average Bonchev–Trinajstić information content (AvgIpc) is 3.46. The van der Waals surface area contributed by atoms with Crippen molar-refractivity contribution in [3.63, 3.8) is 0 Å². The summed E-state index contributed by atoms with van der Waals surface area (Å²) < 4.78 is 37.6. The average molecular weight is 573 g/mol. The molecule has 6 atom stereocenters. The summed E-state index contributed by atoms with van der Waals surface area (Å²) in [5.41, 5.74) is 4.28. The van der Waals surface area contributed by atoms with Gasteiger partial charge in [0, 0.05) is 0 Å². The number of aliphatic hydroxyl groups is 2. The maximum absolute atomic E-state index is 13.8. The van der Waals surface area contributed by atoms with E-state index < -0.39 is 50.3 Å². The van der Waals surface area contributed by atoms with Crippen LogP contribution in [0.3, 0.4) is 0 Å². The molecule has 5 rings (SSSR count). The van der Waals surface area contributed by atoms with Gasteiger partial charge in [-0.3, -0.25) is 9.32 Å². The topological polar surface area (TPSA) is 204 Å². The number of anilines is 1. The SMILES string of the molecule is C[C@H](NP(=O)(OC[C@H]1O[C@@](C#N)(c2ccc3c(N)ncnn23)[C@H](O)[C@@H]1O)Oc1ccccc1)C(=O)OC1CCC1. The number of nitrogens with two attached hydrogens (primary N) is 1. The van der Waals surface area contributed by atoms with Crippen molar-refractivity contribution in [3.05, 3.63) is 54.5 Å². The first-order chi connectivity index (χ1) is 19.2. The van der Waals surface area contributed by atoms with Crippen LogP contribution in [0, 0.1) is 11.3 Å². The van der Waals surface area contributed by atoms with E-state index in [-0.39, 0.29) is 23.4 Å². The van der Waals surface area contributed by atoms with Crippen LogP contribution >= 0.6 is 7.75 Å². The van der Waals surface area contributed by atoms with Gasteiger partial charge in [0.05, 0.1) is 12.3 Å². The smallest absolute Gasteiger partial charge is 0.459 e. The fourth-order valence-corrected chi connectivity index (χ4v) is 5.98. The normalized spacial score (nSPS) is 26.9. The third-order valence-electron chi connectivity index (χ3n) is 6.90. The predicted molar refractivity (Wildman–Crippen MR) is 139 cm³/mol. The van der Waals surface area contributed by atoms with Crippen LogP contribution in [0.25, 0.3) is 5.52 Å². The van der Waals surface area contributed by atoms with Crippen LogP contribution in [0.4, 0.5) is 5.82 Å². The Morgan fingerprint density at radius 2 is 2.08 bits per heavy atom. The molecule has 1 saturated carbocycles. The summed E-state index contributed by atoms with van der Waals surface area (Å²) in [6.07, 6.45) is -1.20. The number of hydrogen-bond acceptors (Lipinski definition) is 12. The molecule has 40 heavy (non-hydrogen) atoms. The van der Waals surface area contributed by atoms with Gasteiger partial charge in [-0.05, 0) is 50.5 Å². The highest BCUT2D eigenvalue weighted by molar-refractivity contribution is 7.52. The van der Waals surface area contributed by atoms with Gasteiger partial charge in [0.15, 0.2) is 5.82 Å². The van der Waals surface area contributed by atoms with E-state index in [2.05, 4.69) is 15.2 Å². The van der Waals surface area contributed by atoms with Gasteiger partial charge in [0.1, 0.15) is 54.1 Å².